The molecule has 0 aliphatic heterocycles. The van der Waals surface area contributed by atoms with E-state index in [2.05, 4.69) is 97.1 Å². The molecule has 1 heterocycles. The minimum absolute atomic E-state index is 0.0685. The summed E-state index contributed by atoms with van der Waals surface area (Å²) in [5.41, 5.74) is 1.77. The van der Waals surface area contributed by atoms with Crippen LogP contribution in [0.3, 0.4) is 0 Å². The Hall–Kier alpha value is -3.13. The van der Waals surface area contributed by atoms with Crippen molar-refractivity contribution in [2.75, 3.05) is 0 Å². The first-order valence-electron chi connectivity index (χ1n) is 12.8. The normalized spacial score (nSPS) is 11.1. The first kappa shape index (κ1) is 27.1. The van der Waals surface area contributed by atoms with Crippen LogP contribution >= 0.6 is 47.0 Å². The molecule has 1 aromatic heterocycles. The lowest BCUT2D eigenvalue weighted by atomic mass is 10.1. The lowest BCUT2D eigenvalue weighted by Gasteiger charge is -2.19. The first-order valence-corrected chi connectivity index (χ1v) is 16.1. The van der Waals surface area contributed by atoms with E-state index in [1.54, 1.807) is 47.0 Å². The number of pyridine rings is 1. The molecule has 0 saturated carbocycles. The van der Waals surface area contributed by atoms with Gasteiger partial charge in [-0.15, -0.1) is 0 Å². The number of hydrogen-bond acceptors (Lipinski definition) is 6. The molecule has 6 rings (SSSR count). The summed E-state index contributed by atoms with van der Waals surface area (Å²) in [7, 11) is 0. The molecule has 0 bridgehead atoms. The molecular formula is C34H25NOS4. The third-order valence-electron chi connectivity index (χ3n) is 6.09. The van der Waals surface area contributed by atoms with Crippen LogP contribution in [0.25, 0.3) is 10.9 Å². The number of aliphatic hydroxyl groups is 1. The number of nitrogens with zero attached hydrogens (tertiary/aromatic N) is 1. The van der Waals surface area contributed by atoms with E-state index >= 15 is 0 Å². The summed E-state index contributed by atoms with van der Waals surface area (Å²) >= 11 is 6.97. The number of fused-ring (bicyclic) bond motifs is 1. The van der Waals surface area contributed by atoms with E-state index in [-0.39, 0.29) is 6.61 Å². The molecule has 0 saturated heterocycles. The second kappa shape index (κ2) is 13.0. The van der Waals surface area contributed by atoms with Gasteiger partial charge in [-0.3, -0.25) is 4.98 Å². The first-order chi connectivity index (χ1) is 19.8. The Bertz CT molecular complexity index is 1710. The highest BCUT2D eigenvalue weighted by atomic mass is 32.2. The number of rotatable bonds is 9. The fourth-order valence-electron chi connectivity index (χ4n) is 4.22. The second-order valence-electron chi connectivity index (χ2n) is 8.86. The van der Waals surface area contributed by atoms with Gasteiger partial charge in [0.1, 0.15) is 0 Å². The second-order valence-corrected chi connectivity index (χ2v) is 13.2. The Kier molecular flexibility index (Phi) is 8.81. The SMILES string of the molecule is OCc1cnc2c(Sc3ccccc3)c(Sc3ccccc3)c(Sc3ccccc3)cc2c1Sc1ccccc1. The Morgan fingerprint density at radius 2 is 0.925 bits per heavy atom. The van der Waals surface area contributed by atoms with Crippen molar-refractivity contribution in [1.29, 1.82) is 0 Å². The minimum atomic E-state index is -0.0685. The minimum Gasteiger partial charge on any atom is -0.392 e. The van der Waals surface area contributed by atoms with E-state index in [0.717, 1.165) is 40.9 Å². The van der Waals surface area contributed by atoms with Gasteiger partial charge in [0.05, 0.1) is 17.0 Å². The van der Waals surface area contributed by atoms with Crippen LogP contribution in [0.2, 0.25) is 0 Å². The van der Waals surface area contributed by atoms with Gasteiger partial charge < -0.3 is 5.11 Å². The molecule has 2 nitrogen and oxygen atoms in total. The van der Waals surface area contributed by atoms with Gasteiger partial charge in [-0.1, -0.05) is 120 Å². The van der Waals surface area contributed by atoms with E-state index < -0.39 is 0 Å². The zero-order chi connectivity index (χ0) is 27.1. The van der Waals surface area contributed by atoms with Crippen molar-refractivity contribution >= 4 is 58.0 Å². The highest BCUT2D eigenvalue weighted by molar-refractivity contribution is 8.04. The standard InChI is InChI=1S/C34H25NOS4/c36-23-24-22-35-31-29(32(24)38-26-15-7-2-8-16-26)21-30(37-25-13-5-1-6-14-25)33(39-27-17-9-3-10-18-27)34(31)40-28-19-11-4-12-20-28/h1-22,36H,23H2. The number of aliphatic hydroxyl groups excluding tert-OH is 1. The van der Waals surface area contributed by atoms with Gasteiger partial charge in [-0.2, -0.15) is 0 Å². The van der Waals surface area contributed by atoms with Crippen LogP contribution in [0, 0.1) is 0 Å². The summed E-state index contributed by atoms with van der Waals surface area (Å²) in [6.07, 6.45) is 1.84. The Labute approximate surface area is 251 Å². The molecule has 0 aliphatic carbocycles. The van der Waals surface area contributed by atoms with E-state index in [4.69, 9.17) is 4.98 Å². The lowest BCUT2D eigenvalue weighted by molar-refractivity contribution is 0.279. The summed E-state index contributed by atoms with van der Waals surface area (Å²) < 4.78 is 0. The third kappa shape index (κ3) is 6.27. The smallest absolute Gasteiger partial charge is 0.0865 e. The highest BCUT2D eigenvalue weighted by Gasteiger charge is 2.22. The van der Waals surface area contributed by atoms with Gasteiger partial charge in [0.25, 0.3) is 0 Å². The molecule has 5 aromatic carbocycles. The van der Waals surface area contributed by atoms with Crippen LogP contribution in [0.15, 0.2) is 173 Å². The monoisotopic (exact) mass is 591 g/mol. The summed E-state index contributed by atoms with van der Waals surface area (Å²) in [5.74, 6) is 0. The van der Waals surface area contributed by atoms with Gasteiger partial charge in [0.2, 0.25) is 0 Å². The predicted molar refractivity (Wildman–Crippen MR) is 170 cm³/mol. The molecule has 1 N–H and O–H groups in total. The van der Waals surface area contributed by atoms with Crippen LogP contribution in [0.4, 0.5) is 0 Å². The van der Waals surface area contributed by atoms with Crippen LogP contribution < -0.4 is 0 Å². The molecule has 0 atom stereocenters. The molecule has 0 aliphatic rings. The summed E-state index contributed by atoms with van der Waals surface area (Å²) in [6.45, 7) is -0.0685. The van der Waals surface area contributed by atoms with Crippen LogP contribution in [0.1, 0.15) is 5.56 Å². The van der Waals surface area contributed by atoms with E-state index in [1.165, 1.54) is 14.7 Å². The number of aromatic nitrogens is 1. The Balaban J connectivity index is 1.62. The summed E-state index contributed by atoms with van der Waals surface area (Å²) in [6, 6.07) is 44.1. The van der Waals surface area contributed by atoms with E-state index in [9.17, 15) is 5.11 Å². The largest absolute Gasteiger partial charge is 0.392 e. The summed E-state index contributed by atoms with van der Waals surface area (Å²) in [4.78, 5) is 14.1. The van der Waals surface area contributed by atoms with Gasteiger partial charge in [0, 0.05) is 51.4 Å². The quantitative estimate of drug-likeness (QED) is 0.180. The van der Waals surface area contributed by atoms with E-state index in [1.807, 2.05) is 36.5 Å². The molecule has 196 valence electrons. The molecule has 0 radical (unpaired) electrons. The van der Waals surface area contributed by atoms with Gasteiger partial charge in [0.15, 0.2) is 0 Å². The van der Waals surface area contributed by atoms with Crippen molar-refractivity contribution < 1.29 is 5.11 Å². The van der Waals surface area contributed by atoms with Crippen LogP contribution in [-0.4, -0.2) is 10.1 Å². The van der Waals surface area contributed by atoms with Crippen molar-refractivity contribution in [3.8, 4) is 0 Å². The average molecular weight is 592 g/mol. The van der Waals surface area contributed by atoms with Crippen molar-refractivity contribution in [1.82, 2.24) is 4.98 Å². The molecule has 40 heavy (non-hydrogen) atoms. The van der Waals surface area contributed by atoms with Crippen LogP contribution in [-0.2, 0) is 6.61 Å². The predicted octanol–water partition coefficient (Wildman–Crippen LogP) is 10.3. The van der Waals surface area contributed by atoms with Gasteiger partial charge in [-0.05, 0) is 54.6 Å². The molecule has 0 fully saturated rings. The van der Waals surface area contributed by atoms with Crippen molar-refractivity contribution in [3.05, 3.63) is 139 Å². The molecule has 0 spiro atoms. The molecular weight excluding hydrogens is 567 g/mol. The van der Waals surface area contributed by atoms with Gasteiger partial charge >= 0.3 is 0 Å². The van der Waals surface area contributed by atoms with E-state index in [0.29, 0.717) is 0 Å². The maximum Gasteiger partial charge on any atom is 0.0865 e. The van der Waals surface area contributed by atoms with Crippen molar-refractivity contribution in [3.63, 3.8) is 0 Å². The Morgan fingerprint density at radius 1 is 0.500 bits per heavy atom. The average Bonchev–Trinajstić information content (AvgIpc) is 3.01. The Morgan fingerprint density at radius 3 is 1.40 bits per heavy atom. The summed E-state index contributed by atoms with van der Waals surface area (Å²) in [5, 5.41) is 11.4. The van der Waals surface area contributed by atoms with Crippen LogP contribution in [0.5, 0.6) is 0 Å². The molecule has 0 unspecified atom stereocenters. The topological polar surface area (TPSA) is 33.1 Å². The zero-order valence-electron chi connectivity index (χ0n) is 21.4. The van der Waals surface area contributed by atoms with Gasteiger partial charge in [-0.25, -0.2) is 0 Å². The number of benzene rings is 5. The highest BCUT2D eigenvalue weighted by Crippen LogP contribution is 2.50. The zero-order valence-corrected chi connectivity index (χ0v) is 24.7. The lowest BCUT2D eigenvalue weighted by Crippen LogP contribution is -1.97. The molecule has 6 heteroatoms. The fraction of sp³-hybridized carbons (Fsp3) is 0.0294. The fourth-order valence-corrected chi connectivity index (χ4v) is 8.61. The van der Waals surface area contributed by atoms with Crippen molar-refractivity contribution in [2.45, 2.75) is 45.8 Å². The number of hydrogen-bond donors (Lipinski definition) is 1. The molecule has 0 amide bonds. The molecule has 6 aromatic rings. The third-order valence-corrected chi connectivity index (χ3v) is 10.8. The maximum atomic E-state index is 10.3. The van der Waals surface area contributed by atoms with Crippen molar-refractivity contribution in [2.24, 2.45) is 0 Å². The maximum absolute atomic E-state index is 10.3.